The van der Waals surface area contributed by atoms with Gasteiger partial charge in [0.15, 0.2) is 5.60 Å². The number of piperidine rings is 1. The van der Waals surface area contributed by atoms with Gasteiger partial charge in [0, 0.05) is 31.6 Å². The van der Waals surface area contributed by atoms with Crippen LogP contribution in [0.1, 0.15) is 45.1 Å². The lowest BCUT2D eigenvalue weighted by Gasteiger charge is -2.40. The molecule has 1 aromatic rings. The molecular weight excluding hydrogens is 336 g/mol. The standard InChI is InChI=1S/C23H32N2O2/c1-16(2)8-7-13-25-14-19-20(15-25)21(19)24-22(26)23(27,18-11-6-12-18)17-9-4-3-5-10-17/h3-5,8-10,18-21,27H,6-7,11-15H2,1-2H3,(H,24,26)/t19-,20+,21?,23?. The number of rotatable bonds is 7. The van der Waals surface area contributed by atoms with Gasteiger partial charge in [0.2, 0.25) is 0 Å². The second kappa shape index (κ2) is 7.40. The molecule has 4 nitrogen and oxygen atoms in total. The number of benzene rings is 1. The fraction of sp³-hybridized carbons (Fsp3) is 0.609. The molecule has 1 aliphatic heterocycles. The summed E-state index contributed by atoms with van der Waals surface area (Å²) in [7, 11) is 0. The van der Waals surface area contributed by atoms with Crippen LogP contribution in [0.4, 0.5) is 0 Å². The minimum absolute atomic E-state index is 0.0408. The number of nitrogens with zero attached hydrogens (tertiary/aromatic N) is 1. The highest BCUT2D eigenvalue weighted by Crippen LogP contribution is 2.47. The van der Waals surface area contributed by atoms with Crippen molar-refractivity contribution in [2.24, 2.45) is 17.8 Å². The van der Waals surface area contributed by atoms with E-state index in [1.807, 2.05) is 30.3 Å². The molecule has 0 radical (unpaired) electrons. The highest BCUT2D eigenvalue weighted by Gasteiger charge is 2.58. The molecule has 1 amide bonds. The van der Waals surface area contributed by atoms with E-state index in [2.05, 4.69) is 30.1 Å². The molecule has 27 heavy (non-hydrogen) atoms. The van der Waals surface area contributed by atoms with Crippen molar-refractivity contribution in [2.75, 3.05) is 19.6 Å². The van der Waals surface area contributed by atoms with Gasteiger partial charge < -0.3 is 15.3 Å². The highest BCUT2D eigenvalue weighted by atomic mass is 16.3. The van der Waals surface area contributed by atoms with Gasteiger partial charge >= 0.3 is 0 Å². The molecule has 0 spiro atoms. The molecule has 2 aliphatic carbocycles. The summed E-state index contributed by atoms with van der Waals surface area (Å²) in [5.74, 6) is 0.970. The van der Waals surface area contributed by atoms with Crippen LogP contribution in [0.3, 0.4) is 0 Å². The molecule has 4 heteroatoms. The third-order valence-electron chi connectivity index (χ3n) is 6.82. The maximum atomic E-state index is 13.1. The number of carbonyl (C=O) groups excluding carboxylic acids is 1. The van der Waals surface area contributed by atoms with Gasteiger partial charge in [-0.25, -0.2) is 0 Å². The Morgan fingerprint density at radius 3 is 2.44 bits per heavy atom. The molecule has 1 saturated heterocycles. The second-order valence-electron chi connectivity index (χ2n) is 8.92. The molecule has 0 bridgehead atoms. The third-order valence-corrected chi connectivity index (χ3v) is 6.82. The van der Waals surface area contributed by atoms with E-state index in [4.69, 9.17) is 0 Å². The Balaban J connectivity index is 1.35. The Hall–Kier alpha value is -1.65. The number of hydrogen-bond acceptors (Lipinski definition) is 3. The number of nitrogens with one attached hydrogen (secondary N) is 1. The predicted molar refractivity (Wildman–Crippen MR) is 107 cm³/mol. The van der Waals surface area contributed by atoms with Gasteiger partial charge in [0.05, 0.1) is 0 Å². The van der Waals surface area contributed by atoms with Crippen molar-refractivity contribution in [1.82, 2.24) is 10.2 Å². The smallest absolute Gasteiger partial charge is 0.257 e. The quantitative estimate of drug-likeness (QED) is 0.727. The van der Waals surface area contributed by atoms with Crippen LogP contribution in [-0.4, -0.2) is 41.6 Å². The molecule has 1 aromatic carbocycles. The zero-order valence-corrected chi connectivity index (χ0v) is 16.5. The van der Waals surface area contributed by atoms with E-state index < -0.39 is 5.60 Å². The first-order valence-electron chi connectivity index (χ1n) is 10.4. The Morgan fingerprint density at radius 1 is 1.22 bits per heavy atom. The number of fused-ring (bicyclic) bond motifs is 1. The van der Waals surface area contributed by atoms with Crippen LogP contribution in [0.2, 0.25) is 0 Å². The minimum Gasteiger partial charge on any atom is -0.375 e. The zero-order chi connectivity index (χ0) is 19.0. The molecule has 146 valence electrons. The summed E-state index contributed by atoms with van der Waals surface area (Å²) >= 11 is 0. The molecule has 4 rings (SSSR count). The van der Waals surface area contributed by atoms with Crippen molar-refractivity contribution < 1.29 is 9.90 Å². The summed E-state index contributed by atoms with van der Waals surface area (Å²) in [5, 5.41) is 14.6. The Bertz CT molecular complexity index is 696. The van der Waals surface area contributed by atoms with Crippen LogP contribution >= 0.6 is 0 Å². The summed E-state index contributed by atoms with van der Waals surface area (Å²) in [6.07, 6.45) is 6.35. The van der Waals surface area contributed by atoms with E-state index >= 15 is 0 Å². The zero-order valence-electron chi connectivity index (χ0n) is 16.5. The lowest BCUT2D eigenvalue weighted by atomic mass is 9.69. The van der Waals surface area contributed by atoms with Crippen LogP contribution in [0.25, 0.3) is 0 Å². The maximum absolute atomic E-state index is 13.1. The Morgan fingerprint density at radius 2 is 1.89 bits per heavy atom. The van der Waals surface area contributed by atoms with E-state index in [0.29, 0.717) is 11.8 Å². The van der Waals surface area contributed by atoms with E-state index in [9.17, 15) is 9.90 Å². The predicted octanol–water partition coefficient (Wildman–Crippen LogP) is 3.08. The largest absolute Gasteiger partial charge is 0.375 e. The van der Waals surface area contributed by atoms with E-state index in [1.54, 1.807) is 0 Å². The number of allylic oxidation sites excluding steroid dienone is 1. The number of hydrogen-bond donors (Lipinski definition) is 2. The van der Waals surface area contributed by atoms with Crippen LogP contribution in [0, 0.1) is 17.8 Å². The van der Waals surface area contributed by atoms with E-state index in [0.717, 1.165) is 50.9 Å². The lowest BCUT2D eigenvalue weighted by Crippen LogP contribution is -2.53. The molecule has 1 heterocycles. The van der Waals surface area contributed by atoms with Crippen LogP contribution < -0.4 is 5.32 Å². The Kier molecular flexibility index (Phi) is 5.13. The van der Waals surface area contributed by atoms with Crippen molar-refractivity contribution >= 4 is 5.91 Å². The summed E-state index contributed by atoms with van der Waals surface area (Å²) < 4.78 is 0. The summed E-state index contributed by atoms with van der Waals surface area (Å²) in [6.45, 7) is 7.53. The molecular formula is C23H32N2O2. The first kappa shape index (κ1) is 18.7. The van der Waals surface area contributed by atoms with Gasteiger partial charge in [-0.15, -0.1) is 0 Å². The monoisotopic (exact) mass is 368 g/mol. The third kappa shape index (κ3) is 3.57. The highest BCUT2D eigenvalue weighted by molar-refractivity contribution is 5.87. The van der Waals surface area contributed by atoms with Crippen molar-refractivity contribution in [3.05, 3.63) is 47.5 Å². The van der Waals surface area contributed by atoms with Crippen LogP contribution in [-0.2, 0) is 10.4 Å². The first-order valence-corrected chi connectivity index (χ1v) is 10.4. The summed E-state index contributed by atoms with van der Waals surface area (Å²) in [4.78, 5) is 15.6. The van der Waals surface area contributed by atoms with Gasteiger partial charge in [-0.1, -0.05) is 48.4 Å². The van der Waals surface area contributed by atoms with Gasteiger partial charge in [-0.2, -0.15) is 0 Å². The van der Waals surface area contributed by atoms with E-state index in [1.165, 1.54) is 5.57 Å². The average Bonchev–Trinajstić information content (AvgIpc) is 3.04. The van der Waals surface area contributed by atoms with Crippen LogP contribution in [0.5, 0.6) is 0 Å². The molecule has 0 aromatic heterocycles. The lowest BCUT2D eigenvalue weighted by molar-refractivity contribution is -0.152. The van der Waals surface area contributed by atoms with Gasteiger partial charge in [-0.3, -0.25) is 4.79 Å². The SMILES string of the molecule is CC(C)=CCCN1C[C@@H]2C(NC(=O)C(O)(c3ccccc3)C3CCC3)[C@@H]2C1. The molecule has 4 atom stereocenters. The van der Waals surface area contributed by atoms with Crippen molar-refractivity contribution in [3.8, 4) is 0 Å². The number of amides is 1. The maximum Gasteiger partial charge on any atom is 0.257 e. The summed E-state index contributed by atoms with van der Waals surface area (Å²) in [5.41, 5.74) is 0.738. The molecule has 2 N–H and O–H groups in total. The van der Waals surface area contributed by atoms with Crippen molar-refractivity contribution in [1.29, 1.82) is 0 Å². The van der Waals surface area contributed by atoms with Gasteiger partial charge in [0.25, 0.3) is 5.91 Å². The van der Waals surface area contributed by atoms with E-state index in [-0.39, 0.29) is 17.9 Å². The molecule has 3 aliphatic rings. The number of carbonyl (C=O) groups is 1. The average molecular weight is 369 g/mol. The number of likely N-dealkylation sites (tertiary alicyclic amines) is 1. The topological polar surface area (TPSA) is 52.6 Å². The van der Waals surface area contributed by atoms with Gasteiger partial charge in [-0.05, 0) is 50.5 Å². The fourth-order valence-corrected chi connectivity index (χ4v) is 4.88. The molecule has 2 unspecified atom stereocenters. The second-order valence-corrected chi connectivity index (χ2v) is 8.92. The number of aliphatic hydroxyl groups is 1. The first-order chi connectivity index (χ1) is 13.0. The molecule has 3 fully saturated rings. The Labute approximate surface area is 162 Å². The van der Waals surface area contributed by atoms with Crippen molar-refractivity contribution in [2.45, 2.75) is 51.2 Å². The molecule has 2 saturated carbocycles. The fourth-order valence-electron chi connectivity index (χ4n) is 4.88. The summed E-state index contributed by atoms with van der Waals surface area (Å²) in [6, 6.07) is 9.75. The normalized spacial score (nSPS) is 29.4. The van der Waals surface area contributed by atoms with Crippen LogP contribution in [0.15, 0.2) is 42.0 Å². The van der Waals surface area contributed by atoms with Gasteiger partial charge in [0.1, 0.15) is 0 Å². The minimum atomic E-state index is -1.38. The van der Waals surface area contributed by atoms with Crippen molar-refractivity contribution in [3.63, 3.8) is 0 Å².